The summed E-state index contributed by atoms with van der Waals surface area (Å²) in [5.41, 5.74) is 9.77. The van der Waals surface area contributed by atoms with Gasteiger partial charge in [-0.25, -0.2) is 0 Å². The number of nitrogens with one attached hydrogen (secondary N) is 1. The van der Waals surface area contributed by atoms with Gasteiger partial charge in [0, 0.05) is 57.9 Å². The first kappa shape index (κ1) is 12.7. The summed E-state index contributed by atoms with van der Waals surface area (Å²) in [6.07, 6.45) is 2.26. The lowest BCUT2D eigenvalue weighted by Gasteiger charge is -2.26. The second-order valence-corrected chi connectivity index (χ2v) is 5.31. The zero-order valence-electron chi connectivity index (χ0n) is 11.5. The molecule has 102 valence electrons. The molecule has 2 heterocycles. The molecule has 0 saturated carbocycles. The van der Waals surface area contributed by atoms with E-state index in [1.54, 1.807) is 0 Å². The molecule has 1 saturated heterocycles. The first-order valence-electron chi connectivity index (χ1n) is 6.98. The standard InChI is InChI=1S/C15H22N4/c1-18-10-13(11-19-7-5-17-6-8-19)14-4-2-3-12(9-16)15(14)18/h2-4,10,17H,5-9,11,16H2,1H3. The molecule has 0 bridgehead atoms. The van der Waals surface area contributed by atoms with Gasteiger partial charge >= 0.3 is 0 Å². The highest BCUT2D eigenvalue weighted by atomic mass is 15.2. The summed E-state index contributed by atoms with van der Waals surface area (Å²) in [4.78, 5) is 2.51. The third-order valence-electron chi connectivity index (χ3n) is 3.99. The van der Waals surface area contributed by atoms with Crippen LogP contribution < -0.4 is 11.1 Å². The smallest absolute Gasteiger partial charge is 0.0526 e. The predicted octanol–water partition coefficient (Wildman–Crippen LogP) is 1.04. The molecule has 19 heavy (non-hydrogen) atoms. The van der Waals surface area contributed by atoms with Crippen LogP contribution >= 0.6 is 0 Å². The van der Waals surface area contributed by atoms with Crippen LogP contribution in [0.15, 0.2) is 24.4 Å². The van der Waals surface area contributed by atoms with Gasteiger partial charge in [0.2, 0.25) is 0 Å². The Labute approximate surface area is 114 Å². The van der Waals surface area contributed by atoms with Gasteiger partial charge in [-0.2, -0.15) is 0 Å². The summed E-state index contributed by atoms with van der Waals surface area (Å²) in [6, 6.07) is 6.45. The average molecular weight is 258 g/mol. The van der Waals surface area contributed by atoms with E-state index in [1.165, 1.54) is 22.0 Å². The maximum atomic E-state index is 5.85. The van der Waals surface area contributed by atoms with E-state index in [0.717, 1.165) is 32.7 Å². The van der Waals surface area contributed by atoms with Crippen LogP contribution in [0.25, 0.3) is 10.9 Å². The number of hydrogen-bond acceptors (Lipinski definition) is 3. The predicted molar refractivity (Wildman–Crippen MR) is 79.0 cm³/mol. The van der Waals surface area contributed by atoms with Gasteiger partial charge in [0.05, 0.1) is 5.52 Å². The normalized spacial score (nSPS) is 17.2. The summed E-state index contributed by atoms with van der Waals surface area (Å²) in [5, 5.41) is 4.75. The number of nitrogens with zero attached hydrogens (tertiary/aromatic N) is 2. The lowest BCUT2D eigenvalue weighted by atomic mass is 10.1. The minimum absolute atomic E-state index is 0.599. The van der Waals surface area contributed by atoms with Gasteiger partial charge in [0.25, 0.3) is 0 Å². The van der Waals surface area contributed by atoms with E-state index in [1.807, 2.05) is 0 Å². The van der Waals surface area contributed by atoms with E-state index < -0.39 is 0 Å². The topological polar surface area (TPSA) is 46.2 Å². The molecule has 3 rings (SSSR count). The van der Waals surface area contributed by atoms with E-state index in [2.05, 4.69) is 46.2 Å². The van der Waals surface area contributed by atoms with E-state index in [9.17, 15) is 0 Å². The van der Waals surface area contributed by atoms with Crippen molar-refractivity contribution in [3.8, 4) is 0 Å². The zero-order chi connectivity index (χ0) is 13.2. The lowest BCUT2D eigenvalue weighted by Crippen LogP contribution is -2.42. The molecule has 3 N–H and O–H groups in total. The second kappa shape index (κ2) is 5.33. The van der Waals surface area contributed by atoms with Crippen LogP contribution in [-0.4, -0.2) is 35.6 Å². The Morgan fingerprint density at radius 2 is 2.00 bits per heavy atom. The van der Waals surface area contributed by atoms with Crippen LogP contribution in [0.5, 0.6) is 0 Å². The highest BCUT2D eigenvalue weighted by molar-refractivity contribution is 5.86. The van der Waals surface area contributed by atoms with Crippen molar-refractivity contribution in [1.82, 2.24) is 14.8 Å². The van der Waals surface area contributed by atoms with Crippen molar-refractivity contribution in [3.05, 3.63) is 35.5 Å². The van der Waals surface area contributed by atoms with Gasteiger partial charge in [0.15, 0.2) is 0 Å². The number of piperazine rings is 1. The number of aryl methyl sites for hydroxylation is 1. The molecule has 2 aromatic rings. The third-order valence-corrected chi connectivity index (χ3v) is 3.99. The molecule has 1 aromatic carbocycles. The third kappa shape index (κ3) is 2.39. The summed E-state index contributed by atoms with van der Waals surface area (Å²) in [6.45, 7) is 6.09. The number of para-hydroxylation sites is 1. The first-order chi connectivity index (χ1) is 9.29. The maximum absolute atomic E-state index is 5.85. The Morgan fingerprint density at radius 3 is 2.74 bits per heavy atom. The quantitative estimate of drug-likeness (QED) is 0.865. The van der Waals surface area contributed by atoms with Crippen molar-refractivity contribution in [2.24, 2.45) is 12.8 Å². The summed E-state index contributed by atoms with van der Waals surface area (Å²) in [7, 11) is 2.11. The van der Waals surface area contributed by atoms with Crippen molar-refractivity contribution in [2.45, 2.75) is 13.1 Å². The largest absolute Gasteiger partial charge is 0.350 e. The SMILES string of the molecule is Cn1cc(CN2CCNCC2)c2cccc(CN)c21. The monoisotopic (exact) mass is 258 g/mol. The van der Waals surface area contributed by atoms with E-state index in [4.69, 9.17) is 5.73 Å². The maximum Gasteiger partial charge on any atom is 0.0526 e. The van der Waals surface area contributed by atoms with Crippen molar-refractivity contribution in [3.63, 3.8) is 0 Å². The van der Waals surface area contributed by atoms with Crippen molar-refractivity contribution in [2.75, 3.05) is 26.2 Å². The average Bonchev–Trinajstić information content (AvgIpc) is 2.77. The molecule has 4 heteroatoms. The number of fused-ring (bicyclic) bond motifs is 1. The van der Waals surface area contributed by atoms with Crippen molar-refractivity contribution >= 4 is 10.9 Å². The number of nitrogens with two attached hydrogens (primary N) is 1. The molecule has 0 atom stereocenters. The molecule has 4 nitrogen and oxygen atoms in total. The van der Waals surface area contributed by atoms with Crippen molar-refractivity contribution in [1.29, 1.82) is 0 Å². The zero-order valence-corrected chi connectivity index (χ0v) is 11.5. The highest BCUT2D eigenvalue weighted by Gasteiger charge is 2.14. The Hall–Kier alpha value is -1.36. The molecular formula is C15H22N4. The highest BCUT2D eigenvalue weighted by Crippen LogP contribution is 2.25. The van der Waals surface area contributed by atoms with Crippen LogP contribution in [0.2, 0.25) is 0 Å². The minimum atomic E-state index is 0.599. The minimum Gasteiger partial charge on any atom is -0.350 e. The molecule has 1 aromatic heterocycles. The summed E-state index contributed by atoms with van der Waals surface area (Å²) in [5.74, 6) is 0. The number of hydrogen-bond donors (Lipinski definition) is 2. The van der Waals surface area contributed by atoms with Gasteiger partial charge in [-0.15, -0.1) is 0 Å². The van der Waals surface area contributed by atoms with Crippen LogP contribution in [0, 0.1) is 0 Å². The molecule has 0 amide bonds. The molecule has 1 aliphatic rings. The Balaban J connectivity index is 1.95. The molecule has 0 unspecified atom stereocenters. The van der Waals surface area contributed by atoms with Crippen LogP contribution in [-0.2, 0) is 20.1 Å². The Morgan fingerprint density at radius 1 is 1.21 bits per heavy atom. The fourth-order valence-corrected chi connectivity index (χ4v) is 3.04. The van der Waals surface area contributed by atoms with Crippen LogP contribution in [0.4, 0.5) is 0 Å². The fourth-order valence-electron chi connectivity index (χ4n) is 3.04. The Bertz CT molecular complexity index is 567. The summed E-state index contributed by atoms with van der Waals surface area (Å²) < 4.78 is 2.22. The first-order valence-corrected chi connectivity index (χ1v) is 6.98. The molecule has 0 radical (unpaired) electrons. The van der Waals surface area contributed by atoms with Crippen molar-refractivity contribution < 1.29 is 0 Å². The van der Waals surface area contributed by atoms with E-state index in [0.29, 0.717) is 6.54 Å². The number of rotatable bonds is 3. The van der Waals surface area contributed by atoms with E-state index in [-0.39, 0.29) is 0 Å². The van der Waals surface area contributed by atoms with Gasteiger partial charge in [-0.3, -0.25) is 4.90 Å². The lowest BCUT2D eigenvalue weighted by molar-refractivity contribution is 0.234. The fraction of sp³-hybridized carbons (Fsp3) is 0.467. The Kier molecular flexibility index (Phi) is 3.55. The van der Waals surface area contributed by atoms with E-state index >= 15 is 0 Å². The molecule has 0 aliphatic carbocycles. The number of benzene rings is 1. The van der Waals surface area contributed by atoms with Gasteiger partial charge in [-0.1, -0.05) is 18.2 Å². The molecular weight excluding hydrogens is 236 g/mol. The molecule has 1 fully saturated rings. The van der Waals surface area contributed by atoms with Crippen LogP contribution in [0.1, 0.15) is 11.1 Å². The molecule has 1 aliphatic heterocycles. The molecule has 0 spiro atoms. The van der Waals surface area contributed by atoms with Gasteiger partial charge in [0.1, 0.15) is 0 Å². The van der Waals surface area contributed by atoms with Crippen LogP contribution in [0.3, 0.4) is 0 Å². The van der Waals surface area contributed by atoms with Gasteiger partial charge < -0.3 is 15.6 Å². The second-order valence-electron chi connectivity index (χ2n) is 5.31. The summed E-state index contributed by atoms with van der Waals surface area (Å²) >= 11 is 0. The van der Waals surface area contributed by atoms with Gasteiger partial charge in [-0.05, 0) is 11.1 Å². The number of aromatic nitrogens is 1.